The first kappa shape index (κ1) is 46.7. The summed E-state index contributed by atoms with van der Waals surface area (Å²) in [5.41, 5.74) is -0.0391. The number of benzene rings is 2. The van der Waals surface area contributed by atoms with E-state index in [1.54, 1.807) is 46.6 Å². The SMILES string of the molecule is CCCCCCNC(=O)N(CCc1ccc(NC([P]2(O)N(C)CC(C)(C)CN2C)[P]2(O)N(C)CC(C)(C)CN2C)s1)Cc1ccc(-c2ccccc2C(F)(F)F)cc1. The number of hydrogen-bond acceptors (Lipinski definition) is 9. The Bertz CT molecular complexity index is 1760. The van der Waals surface area contributed by atoms with E-state index in [1.807, 2.05) is 40.3 Å². The molecule has 2 saturated heterocycles. The average molecular weight is 868 g/mol. The highest BCUT2D eigenvalue weighted by atomic mass is 32.1. The lowest BCUT2D eigenvalue weighted by atomic mass is 9.93. The highest BCUT2D eigenvalue weighted by molar-refractivity contribution is 7.84. The molecule has 0 unspecified atom stereocenters. The van der Waals surface area contributed by atoms with Gasteiger partial charge in [0, 0.05) is 50.7 Å². The number of nitrogens with zero attached hydrogens (tertiary/aromatic N) is 5. The number of unbranched alkanes of at least 4 members (excludes halogenated alkanes) is 3. The van der Waals surface area contributed by atoms with Crippen molar-refractivity contribution >= 4 is 38.0 Å². The van der Waals surface area contributed by atoms with Crippen molar-refractivity contribution in [1.82, 2.24) is 28.9 Å². The van der Waals surface area contributed by atoms with E-state index in [0.29, 0.717) is 57.8 Å². The molecule has 58 heavy (non-hydrogen) atoms. The number of halogens is 3. The topological polar surface area (TPSA) is 97.8 Å². The van der Waals surface area contributed by atoms with Crippen LogP contribution < -0.4 is 10.6 Å². The molecule has 0 atom stereocenters. The molecule has 0 aliphatic carbocycles. The number of hydrogen-bond donors (Lipinski definition) is 4. The zero-order valence-electron chi connectivity index (χ0n) is 35.8. The van der Waals surface area contributed by atoms with Crippen molar-refractivity contribution in [3.05, 3.63) is 76.7 Å². The minimum Gasteiger partial charge on any atom is -0.359 e. The zero-order chi connectivity index (χ0) is 42.7. The summed E-state index contributed by atoms with van der Waals surface area (Å²) in [4.78, 5) is 42.2. The quantitative estimate of drug-likeness (QED) is 0.0887. The molecule has 2 amide bonds. The van der Waals surface area contributed by atoms with Crippen molar-refractivity contribution in [2.45, 2.75) is 85.0 Å². The highest BCUT2D eigenvalue weighted by Gasteiger charge is 2.61. The molecule has 0 bridgehead atoms. The van der Waals surface area contributed by atoms with Crippen LogP contribution in [0.25, 0.3) is 11.1 Å². The summed E-state index contributed by atoms with van der Waals surface area (Å²) >= 11 is 1.56. The lowest BCUT2D eigenvalue weighted by Crippen LogP contribution is -2.58. The number of carbonyl (C=O) groups is 1. The van der Waals surface area contributed by atoms with Gasteiger partial charge in [0.05, 0.1) is 10.6 Å². The van der Waals surface area contributed by atoms with Gasteiger partial charge in [0.1, 0.15) is 15.6 Å². The molecule has 2 aliphatic rings. The van der Waals surface area contributed by atoms with Gasteiger partial charge >= 0.3 is 12.2 Å². The summed E-state index contributed by atoms with van der Waals surface area (Å²) in [6.45, 7) is 15.0. The van der Waals surface area contributed by atoms with Gasteiger partial charge in [0.2, 0.25) is 0 Å². The van der Waals surface area contributed by atoms with E-state index in [1.165, 1.54) is 12.1 Å². The van der Waals surface area contributed by atoms with Crippen molar-refractivity contribution in [2.24, 2.45) is 10.8 Å². The second-order valence-electron chi connectivity index (χ2n) is 17.8. The lowest BCUT2D eigenvalue weighted by molar-refractivity contribution is -0.137. The van der Waals surface area contributed by atoms with Crippen LogP contribution in [0.5, 0.6) is 0 Å². The second-order valence-corrected chi connectivity index (χ2v) is 25.6. The molecule has 16 heteroatoms. The molecule has 0 saturated carbocycles. The Labute approximate surface area is 349 Å². The summed E-state index contributed by atoms with van der Waals surface area (Å²) in [5.74, 6) is 0. The van der Waals surface area contributed by atoms with E-state index >= 15 is 0 Å². The normalized spacial score (nSPS) is 20.0. The van der Waals surface area contributed by atoms with Crippen LogP contribution in [-0.4, -0.2) is 112 Å². The number of anilines is 1. The predicted molar refractivity (Wildman–Crippen MR) is 237 cm³/mol. The van der Waals surface area contributed by atoms with E-state index < -0.39 is 32.8 Å². The summed E-state index contributed by atoms with van der Waals surface area (Å²) in [5, 5.41) is 7.63. The van der Waals surface area contributed by atoms with E-state index in [4.69, 9.17) is 0 Å². The third kappa shape index (κ3) is 10.7. The molecule has 10 nitrogen and oxygen atoms in total. The molecule has 3 aromatic rings. The number of carbonyl (C=O) groups excluding carboxylic acids is 1. The molecule has 1 aromatic heterocycles. The van der Waals surface area contributed by atoms with Crippen LogP contribution in [0.15, 0.2) is 60.7 Å². The molecular weight excluding hydrogens is 802 g/mol. The van der Waals surface area contributed by atoms with Crippen LogP contribution in [-0.2, 0) is 19.1 Å². The molecule has 2 fully saturated rings. The number of urea groups is 1. The van der Waals surface area contributed by atoms with Crippen LogP contribution in [0, 0.1) is 10.8 Å². The summed E-state index contributed by atoms with van der Waals surface area (Å²) < 4.78 is 49.6. The first-order valence-corrected chi connectivity index (χ1v) is 24.6. The Kier molecular flexibility index (Phi) is 15.1. The molecule has 4 N–H and O–H groups in total. The number of nitrogens with one attached hydrogen (secondary N) is 2. The summed E-state index contributed by atoms with van der Waals surface area (Å²) in [7, 11) is 1.65. The Morgan fingerprint density at radius 2 is 1.38 bits per heavy atom. The van der Waals surface area contributed by atoms with Gasteiger partial charge < -0.3 is 25.3 Å². The standard InChI is InChI=1S/C42H66F3N7O3P2S/c1-10-11-12-15-25-46-38(53)52(27-32-18-20-33(21-19-32)35-16-13-14-17-36(35)42(43,44)45)26-24-34-22-23-37(58-34)47-39(56(54)48(6)28-40(2,3)29-49(56)7)57(55)50(8)30-41(4,5)31-51(57)9/h13-14,16-23,39,47,54-55H,10-12,15,24-31H2,1-9H3,(H,46,53). The van der Waals surface area contributed by atoms with Crippen LogP contribution in [0.2, 0.25) is 0 Å². The third-order valence-electron chi connectivity index (χ3n) is 11.3. The van der Waals surface area contributed by atoms with E-state index in [-0.39, 0.29) is 22.4 Å². The molecule has 324 valence electrons. The van der Waals surface area contributed by atoms with Crippen LogP contribution in [0.3, 0.4) is 0 Å². The van der Waals surface area contributed by atoms with Gasteiger partial charge in [-0.1, -0.05) is 96.3 Å². The van der Waals surface area contributed by atoms with Gasteiger partial charge in [-0.2, -0.15) is 13.2 Å². The molecule has 2 aliphatic heterocycles. The largest absolute Gasteiger partial charge is 0.417 e. The minimum absolute atomic E-state index is 0.0436. The van der Waals surface area contributed by atoms with Gasteiger partial charge in [0.15, 0.2) is 5.52 Å². The fourth-order valence-electron chi connectivity index (χ4n) is 8.71. The zero-order valence-corrected chi connectivity index (χ0v) is 38.4. The second kappa shape index (κ2) is 18.7. The van der Waals surface area contributed by atoms with Gasteiger partial charge in [-0.3, -0.25) is 18.7 Å². The van der Waals surface area contributed by atoms with Crippen molar-refractivity contribution in [1.29, 1.82) is 0 Å². The van der Waals surface area contributed by atoms with E-state index in [9.17, 15) is 27.8 Å². The van der Waals surface area contributed by atoms with Gasteiger partial charge in [-0.25, -0.2) is 4.79 Å². The number of alkyl halides is 3. The third-order valence-corrected chi connectivity index (χ3v) is 20.4. The van der Waals surface area contributed by atoms with E-state index in [2.05, 4.69) is 63.9 Å². The van der Waals surface area contributed by atoms with Crippen molar-refractivity contribution in [3.8, 4) is 11.1 Å². The molecule has 0 spiro atoms. The van der Waals surface area contributed by atoms with E-state index in [0.717, 1.165) is 47.2 Å². The Morgan fingerprint density at radius 1 is 0.828 bits per heavy atom. The van der Waals surface area contributed by atoms with Gasteiger partial charge in [-0.05, 0) is 86.8 Å². The predicted octanol–water partition coefficient (Wildman–Crippen LogP) is 9.78. The van der Waals surface area contributed by atoms with Crippen molar-refractivity contribution in [3.63, 3.8) is 0 Å². The first-order valence-electron chi connectivity index (χ1n) is 20.3. The Morgan fingerprint density at radius 3 is 1.91 bits per heavy atom. The smallest absolute Gasteiger partial charge is 0.359 e. The minimum atomic E-state index is -4.47. The fourth-order valence-corrected chi connectivity index (χ4v) is 19.1. The summed E-state index contributed by atoms with van der Waals surface area (Å²) in [6, 6.07) is 16.4. The number of rotatable bonds is 15. The number of amides is 2. The lowest BCUT2D eigenvalue weighted by Gasteiger charge is -2.64. The molecule has 5 rings (SSSR count). The van der Waals surface area contributed by atoms with Crippen molar-refractivity contribution < 1.29 is 27.8 Å². The number of thiophene rings is 1. The van der Waals surface area contributed by atoms with Crippen molar-refractivity contribution in [2.75, 3.05) is 72.8 Å². The van der Waals surface area contributed by atoms with Gasteiger partial charge in [0.25, 0.3) is 0 Å². The average Bonchev–Trinajstić information content (AvgIpc) is 3.60. The molecular formula is C42H66F3N7O3P2S. The van der Waals surface area contributed by atoms with Crippen LogP contribution in [0.4, 0.5) is 23.0 Å². The fraction of sp³-hybridized carbons (Fsp3) is 0.595. The maximum Gasteiger partial charge on any atom is 0.417 e. The Balaban J connectivity index is 1.37. The molecule has 2 aromatic carbocycles. The highest BCUT2D eigenvalue weighted by Crippen LogP contribution is 2.82. The first-order chi connectivity index (χ1) is 27.1. The maximum absolute atomic E-state index is 13.8. The maximum atomic E-state index is 13.8. The monoisotopic (exact) mass is 867 g/mol. The van der Waals surface area contributed by atoms with Gasteiger partial charge in [-0.15, -0.1) is 11.3 Å². The van der Waals surface area contributed by atoms with Crippen LogP contribution >= 0.6 is 26.9 Å². The molecule has 3 heterocycles. The Hall–Kier alpha value is -2.38. The molecule has 2 radical (unpaired) electrons. The summed E-state index contributed by atoms with van der Waals surface area (Å²) in [6.07, 6.45) is 0.216. The van der Waals surface area contributed by atoms with Crippen LogP contribution in [0.1, 0.15) is 76.3 Å².